The highest BCUT2D eigenvalue weighted by atomic mass is 19.1. The van der Waals surface area contributed by atoms with Crippen LogP contribution in [0.25, 0.3) is 0 Å². The highest BCUT2D eigenvalue weighted by Crippen LogP contribution is 2.27. The molecule has 0 saturated carbocycles. The van der Waals surface area contributed by atoms with Gasteiger partial charge in [0, 0.05) is 16.9 Å². The lowest BCUT2D eigenvalue weighted by Gasteiger charge is -2.16. The minimum atomic E-state index is -0.207. The van der Waals surface area contributed by atoms with Gasteiger partial charge < -0.3 is 11.1 Å². The predicted molar refractivity (Wildman–Crippen MR) is 78.4 cm³/mol. The summed E-state index contributed by atoms with van der Waals surface area (Å²) in [5, 5.41) is 3.34. The third kappa shape index (κ3) is 2.93. The molecule has 3 N–H and O–H groups in total. The fraction of sp³-hybridized carbons (Fsp3) is 0.250. The van der Waals surface area contributed by atoms with Crippen LogP contribution in [0.5, 0.6) is 0 Å². The summed E-state index contributed by atoms with van der Waals surface area (Å²) < 4.78 is 13.8. The van der Waals surface area contributed by atoms with Gasteiger partial charge in [0.25, 0.3) is 0 Å². The van der Waals surface area contributed by atoms with Crippen LogP contribution >= 0.6 is 0 Å². The van der Waals surface area contributed by atoms with Gasteiger partial charge in [0.1, 0.15) is 5.82 Å². The second-order valence-electron chi connectivity index (χ2n) is 4.70. The second-order valence-corrected chi connectivity index (χ2v) is 4.70. The fourth-order valence-corrected chi connectivity index (χ4v) is 2.22. The number of benzene rings is 2. The van der Waals surface area contributed by atoms with E-state index in [0.717, 1.165) is 22.5 Å². The molecule has 0 bridgehead atoms. The molecule has 2 rings (SSSR count). The summed E-state index contributed by atoms with van der Waals surface area (Å²) in [4.78, 5) is 0. The van der Waals surface area contributed by atoms with Crippen LogP contribution in [0.3, 0.4) is 0 Å². The number of hydrogen-bond acceptors (Lipinski definition) is 2. The second kappa shape index (κ2) is 5.85. The first-order chi connectivity index (χ1) is 9.13. The number of para-hydroxylation sites is 1. The summed E-state index contributed by atoms with van der Waals surface area (Å²) in [6, 6.07) is 11.2. The van der Waals surface area contributed by atoms with E-state index in [1.807, 2.05) is 38.1 Å². The third-order valence-corrected chi connectivity index (χ3v) is 3.25. The molecule has 0 radical (unpaired) electrons. The predicted octanol–water partition coefficient (Wildman–Crippen LogP) is 3.69. The molecule has 0 fully saturated rings. The number of halogens is 1. The lowest BCUT2D eigenvalue weighted by Crippen LogP contribution is -2.08. The van der Waals surface area contributed by atoms with Crippen LogP contribution < -0.4 is 11.1 Å². The summed E-state index contributed by atoms with van der Waals surface area (Å²) >= 11 is 0. The Morgan fingerprint density at radius 2 is 1.68 bits per heavy atom. The first kappa shape index (κ1) is 13.6. The maximum atomic E-state index is 13.8. The van der Waals surface area contributed by atoms with Gasteiger partial charge in [-0.05, 0) is 50.1 Å². The zero-order valence-corrected chi connectivity index (χ0v) is 11.3. The van der Waals surface area contributed by atoms with Gasteiger partial charge in [0.2, 0.25) is 0 Å². The Bertz CT molecular complexity index is 559. The van der Waals surface area contributed by atoms with E-state index < -0.39 is 0 Å². The molecule has 0 aliphatic heterocycles. The molecule has 19 heavy (non-hydrogen) atoms. The molecule has 0 unspecified atom stereocenters. The van der Waals surface area contributed by atoms with Crippen LogP contribution in [0.1, 0.15) is 16.7 Å². The average molecular weight is 258 g/mol. The maximum absolute atomic E-state index is 13.8. The molecular weight excluding hydrogens is 239 g/mol. The van der Waals surface area contributed by atoms with E-state index in [4.69, 9.17) is 5.73 Å². The molecule has 0 aliphatic carbocycles. The van der Waals surface area contributed by atoms with Crippen molar-refractivity contribution in [3.63, 3.8) is 0 Å². The van der Waals surface area contributed by atoms with E-state index in [-0.39, 0.29) is 5.82 Å². The van der Waals surface area contributed by atoms with Crippen molar-refractivity contribution < 1.29 is 4.39 Å². The van der Waals surface area contributed by atoms with Gasteiger partial charge in [-0.2, -0.15) is 0 Å². The first-order valence-corrected chi connectivity index (χ1v) is 6.44. The fourth-order valence-electron chi connectivity index (χ4n) is 2.22. The lowest BCUT2D eigenvalue weighted by molar-refractivity contribution is 0.610. The quantitative estimate of drug-likeness (QED) is 0.877. The highest BCUT2D eigenvalue weighted by molar-refractivity contribution is 5.68. The Kier molecular flexibility index (Phi) is 4.17. The van der Waals surface area contributed by atoms with Crippen molar-refractivity contribution in [1.29, 1.82) is 0 Å². The van der Waals surface area contributed by atoms with Gasteiger partial charge >= 0.3 is 0 Å². The molecule has 0 heterocycles. The molecule has 0 saturated heterocycles. The Balaban J connectivity index is 2.41. The molecule has 2 aromatic rings. The highest BCUT2D eigenvalue weighted by Gasteiger charge is 2.09. The van der Waals surface area contributed by atoms with Crippen molar-refractivity contribution in [2.45, 2.75) is 20.3 Å². The van der Waals surface area contributed by atoms with Crippen molar-refractivity contribution in [2.75, 3.05) is 11.9 Å². The zero-order valence-electron chi connectivity index (χ0n) is 11.3. The van der Waals surface area contributed by atoms with E-state index in [1.165, 1.54) is 6.07 Å². The summed E-state index contributed by atoms with van der Waals surface area (Å²) in [6.45, 7) is 4.51. The average Bonchev–Trinajstić information content (AvgIpc) is 2.38. The number of aryl methyl sites for hydroxylation is 2. The number of nitrogens with two attached hydrogens (primary N) is 1. The topological polar surface area (TPSA) is 38.0 Å². The van der Waals surface area contributed by atoms with Crippen molar-refractivity contribution in [1.82, 2.24) is 0 Å². The Morgan fingerprint density at radius 3 is 2.32 bits per heavy atom. The van der Waals surface area contributed by atoms with E-state index in [2.05, 4.69) is 5.32 Å². The summed E-state index contributed by atoms with van der Waals surface area (Å²) in [5.74, 6) is -0.207. The third-order valence-electron chi connectivity index (χ3n) is 3.25. The SMILES string of the molecule is Cc1cccc(C)c1Nc1cccc(F)c1CCN. The van der Waals surface area contributed by atoms with Crippen molar-refractivity contribution >= 4 is 11.4 Å². The standard InChI is InChI=1S/C16H19FN2/c1-11-5-3-6-12(2)16(11)19-15-8-4-7-14(17)13(15)9-10-18/h3-8,19H,9-10,18H2,1-2H3. The molecule has 100 valence electrons. The van der Waals surface area contributed by atoms with Gasteiger partial charge in [-0.15, -0.1) is 0 Å². The molecular formula is C16H19FN2. The number of anilines is 2. The summed E-state index contributed by atoms with van der Waals surface area (Å²) in [7, 11) is 0. The van der Waals surface area contributed by atoms with E-state index in [0.29, 0.717) is 18.5 Å². The first-order valence-electron chi connectivity index (χ1n) is 6.44. The molecule has 0 aromatic heterocycles. The Labute approximate surface area is 113 Å². The summed E-state index contributed by atoms with van der Waals surface area (Å²) in [6.07, 6.45) is 0.528. The molecule has 0 atom stereocenters. The largest absolute Gasteiger partial charge is 0.355 e. The van der Waals surface area contributed by atoms with Gasteiger partial charge in [0.05, 0.1) is 0 Å². The molecule has 2 aromatic carbocycles. The molecule has 0 aliphatic rings. The minimum absolute atomic E-state index is 0.207. The molecule has 0 spiro atoms. The van der Waals surface area contributed by atoms with Crippen molar-refractivity contribution in [2.24, 2.45) is 5.73 Å². The monoisotopic (exact) mass is 258 g/mol. The minimum Gasteiger partial charge on any atom is -0.355 e. The van der Waals surface area contributed by atoms with Gasteiger partial charge in [0.15, 0.2) is 0 Å². The van der Waals surface area contributed by atoms with Crippen molar-refractivity contribution in [3.05, 3.63) is 58.9 Å². The molecule has 3 heteroatoms. The van der Waals surface area contributed by atoms with Gasteiger partial charge in [-0.1, -0.05) is 24.3 Å². The van der Waals surface area contributed by atoms with E-state index in [1.54, 1.807) is 6.07 Å². The molecule has 2 nitrogen and oxygen atoms in total. The molecule has 0 amide bonds. The Hall–Kier alpha value is -1.87. The number of hydrogen-bond donors (Lipinski definition) is 2. The number of nitrogens with one attached hydrogen (secondary N) is 1. The van der Waals surface area contributed by atoms with Gasteiger partial charge in [-0.3, -0.25) is 0 Å². The summed E-state index contributed by atoms with van der Waals surface area (Å²) in [5.41, 5.74) is 10.3. The van der Waals surface area contributed by atoms with E-state index in [9.17, 15) is 4.39 Å². The Morgan fingerprint density at radius 1 is 1.05 bits per heavy atom. The van der Waals surface area contributed by atoms with Crippen LogP contribution in [-0.4, -0.2) is 6.54 Å². The lowest BCUT2D eigenvalue weighted by atomic mass is 10.1. The van der Waals surface area contributed by atoms with Crippen molar-refractivity contribution in [3.8, 4) is 0 Å². The van der Waals surface area contributed by atoms with Crippen LogP contribution in [0, 0.1) is 19.7 Å². The normalized spacial score (nSPS) is 10.5. The van der Waals surface area contributed by atoms with Crippen LogP contribution in [0.2, 0.25) is 0 Å². The maximum Gasteiger partial charge on any atom is 0.128 e. The smallest absolute Gasteiger partial charge is 0.128 e. The van der Waals surface area contributed by atoms with Gasteiger partial charge in [-0.25, -0.2) is 4.39 Å². The van der Waals surface area contributed by atoms with Crippen LogP contribution in [0.15, 0.2) is 36.4 Å². The van der Waals surface area contributed by atoms with E-state index >= 15 is 0 Å². The zero-order chi connectivity index (χ0) is 13.8. The van der Waals surface area contributed by atoms with Crippen LogP contribution in [0.4, 0.5) is 15.8 Å². The number of rotatable bonds is 4. The van der Waals surface area contributed by atoms with Crippen LogP contribution in [-0.2, 0) is 6.42 Å².